The van der Waals surface area contributed by atoms with Gasteiger partial charge in [0.05, 0.1) is 18.3 Å². The quantitative estimate of drug-likeness (QED) is 0.470. The van der Waals surface area contributed by atoms with Gasteiger partial charge in [0.1, 0.15) is 5.78 Å². The maximum atomic E-state index is 11.9. The van der Waals surface area contributed by atoms with Gasteiger partial charge in [-0.15, -0.1) is 0 Å². The molecule has 0 bridgehead atoms. The molecule has 0 spiro atoms. The third-order valence-corrected chi connectivity index (χ3v) is 4.36. The first kappa shape index (κ1) is 24.8. The molecule has 1 aliphatic heterocycles. The van der Waals surface area contributed by atoms with E-state index in [1.807, 2.05) is 19.1 Å². The largest absolute Gasteiger partial charge is 0.460 e. The Bertz CT molecular complexity index is 627. The molecule has 5 heteroatoms. The molecule has 0 aromatic heterocycles. The van der Waals surface area contributed by atoms with Crippen LogP contribution in [0.4, 0.5) is 0 Å². The van der Waals surface area contributed by atoms with Gasteiger partial charge in [0, 0.05) is 18.9 Å². The number of allylic oxidation sites excluding steroid dienone is 6. The highest BCUT2D eigenvalue weighted by atomic mass is 16.5. The fourth-order valence-corrected chi connectivity index (χ4v) is 2.76. The first-order valence-electron chi connectivity index (χ1n) is 10.4. The molecule has 0 saturated carbocycles. The summed E-state index contributed by atoms with van der Waals surface area (Å²) in [7, 11) is 0. The first-order chi connectivity index (χ1) is 14.0. The predicted molar refractivity (Wildman–Crippen MR) is 115 cm³/mol. The number of carbonyl (C=O) groups excluding carboxylic acids is 2. The number of cyclic esters (lactones) is 1. The average molecular weight is 403 g/mol. The lowest BCUT2D eigenvalue weighted by molar-refractivity contribution is -0.142. The van der Waals surface area contributed by atoms with E-state index in [1.165, 1.54) is 6.08 Å². The lowest BCUT2D eigenvalue weighted by Gasteiger charge is -2.10. The maximum Gasteiger partial charge on any atom is 0.331 e. The van der Waals surface area contributed by atoms with Crippen molar-refractivity contribution < 1.29 is 24.5 Å². The van der Waals surface area contributed by atoms with Crippen molar-refractivity contribution in [1.82, 2.24) is 0 Å². The molecule has 160 valence electrons. The molecule has 1 rings (SSSR count). The molecule has 3 unspecified atom stereocenters. The molecular weight excluding hydrogens is 368 g/mol. The fraction of sp³-hybridized carbons (Fsp3) is 0.500. The van der Waals surface area contributed by atoms with Crippen LogP contribution in [0, 0.1) is 0 Å². The third-order valence-electron chi connectivity index (χ3n) is 4.36. The third kappa shape index (κ3) is 14.4. The molecule has 0 radical (unpaired) electrons. The number of hydrogen-bond acceptors (Lipinski definition) is 5. The summed E-state index contributed by atoms with van der Waals surface area (Å²) < 4.78 is 5.31. The van der Waals surface area contributed by atoms with Gasteiger partial charge in [-0.1, -0.05) is 54.7 Å². The van der Waals surface area contributed by atoms with E-state index in [9.17, 15) is 19.8 Å². The Kier molecular flexibility index (Phi) is 13.4. The van der Waals surface area contributed by atoms with Crippen LogP contribution in [0.5, 0.6) is 0 Å². The van der Waals surface area contributed by atoms with Gasteiger partial charge in [0.15, 0.2) is 0 Å². The molecular formula is C24H34O5. The van der Waals surface area contributed by atoms with Crippen LogP contribution in [0.3, 0.4) is 0 Å². The van der Waals surface area contributed by atoms with Crippen molar-refractivity contribution in [1.29, 1.82) is 0 Å². The smallest absolute Gasteiger partial charge is 0.331 e. The van der Waals surface area contributed by atoms with Crippen LogP contribution in [0.2, 0.25) is 0 Å². The lowest BCUT2D eigenvalue weighted by Crippen LogP contribution is -2.12. The topological polar surface area (TPSA) is 83.8 Å². The highest BCUT2D eigenvalue weighted by Gasteiger charge is 2.09. The van der Waals surface area contributed by atoms with Crippen LogP contribution in [0.25, 0.3) is 0 Å². The van der Waals surface area contributed by atoms with E-state index < -0.39 is 12.2 Å². The molecule has 29 heavy (non-hydrogen) atoms. The SMILES string of the molecule is CC1CCC/C=C/CCC(=O)CC(O)C/C=C/C=C/C(O)C/C=C/C=C\C(=O)O1. The van der Waals surface area contributed by atoms with Gasteiger partial charge in [0.25, 0.3) is 0 Å². The Morgan fingerprint density at radius 2 is 1.66 bits per heavy atom. The van der Waals surface area contributed by atoms with Crippen molar-refractivity contribution in [2.75, 3.05) is 0 Å². The molecule has 1 heterocycles. The van der Waals surface area contributed by atoms with Crippen LogP contribution in [0.1, 0.15) is 58.3 Å². The Morgan fingerprint density at radius 3 is 2.48 bits per heavy atom. The van der Waals surface area contributed by atoms with Crippen molar-refractivity contribution >= 4 is 11.8 Å². The van der Waals surface area contributed by atoms with Gasteiger partial charge in [0.2, 0.25) is 0 Å². The maximum absolute atomic E-state index is 11.9. The van der Waals surface area contributed by atoms with Gasteiger partial charge in [-0.2, -0.15) is 0 Å². The van der Waals surface area contributed by atoms with Crippen molar-refractivity contribution in [2.45, 2.75) is 76.6 Å². The van der Waals surface area contributed by atoms with Crippen LogP contribution in [-0.2, 0) is 14.3 Å². The summed E-state index contributed by atoms with van der Waals surface area (Å²) in [6.07, 6.45) is 20.5. The fourth-order valence-electron chi connectivity index (χ4n) is 2.76. The van der Waals surface area contributed by atoms with Crippen LogP contribution in [0.15, 0.2) is 60.8 Å². The van der Waals surface area contributed by atoms with Crippen molar-refractivity contribution in [3.63, 3.8) is 0 Å². The summed E-state index contributed by atoms with van der Waals surface area (Å²) in [4.78, 5) is 23.6. The highest BCUT2D eigenvalue weighted by molar-refractivity contribution is 5.82. The number of aliphatic hydroxyl groups excluding tert-OH is 2. The molecule has 2 N–H and O–H groups in total. The van der Waals surface area contributed by atoms with E-state index in [4.69, 9.17) is 4.74 Å². The monoisotopic (exact) mass is 402 g/mol. The molecule has 0 aromatic rings. The molecule has 0 saturated heterocycles. The van der Waals surface area contributed by atoms with Crippen molar-refractivity contribution in [2.24, 2.45) is 0 Å². The van der Waals surface area contributed by atoms with Gasteiger partial charge in [-0.25, -0.2) is 4.79 Å². The Balaban J connectivity index is 2.61. The van der Waals surface area contributed by atoms with Crippen LogP contribution in [-0.4, -0.2) is 40.3 Å². The van der Waals surface area contributed by atoms with Crippen LogP contribution >= 0.6 is 0 Å². The van der Waals surface area contributed by atoms with E-state index in [0.717, 1.165) is 19.3 Å². The average Bonchev–Trinajstić information content (AvgIpc) is 2.65. The Hall–Kier alpha value is -2.24. The number of aliphatic hydroxyl groups is 2. The van der Waals surface area contributed by atoms with E-state index in [1.54, 1.807) is 42.5 Å². The second-order valence-electron chi connectivity index (χ2n) is 7.22. The number of hydrogen-bond donors (Lipinski definition) is 2. The summed E-state index contributed by atoms with van der Waals surface area (Å²) in [5.74, 6) is -0.324. The molecule has 0 amide bonds. The summed E-state index contributed by atoms with van der Waals surface area (Å²) in [5, 5.41) is 19.8. The van der Waals surface area contributed by atoms with Gasteiger partial charge in [-0.05, 0) is 45.4 Å². The summed E-state index contributed by atoms with van der Waals surface area (Å²) in [6, 6.07) is 0. The zero-order valence-corrected chi connectivity index (χ0v) is 17.3. The number of esters is 1. The Morgan fingerprint density at radius 1 is 0.931 bits per heavy atom. The number of Topliss-reactive ketones (excluding diaryl/α,β-unsaturated/α-hetero) is 1. The van der Waals surface area contributed by atoms with Gasteiger partial charge < -0.3 is 14.9 Å². The first-order valence-corrected chi connectivity index (χ1v) is 10.4. The predicted octanol–water partition coefficient (Wildman–Crippen LogP) is 4.12. The van der Waals surface area contributed by atoms with Gasteiger partial charge >= 0.3 is 5.97 Å². The number of ether oxygens (including phenoxy) is 1. The lowest BCUT2D eigenvalue weighted by atomic mass is 10.1. The molecule has 0 aromatic carbocycles. The zero-order chi connectivity index (χ0) is 21.3. The van der Waals surface area contributed by atoms with Gasteiger partial charge in [-0.3, -0.25) is 4.79 Å². The van der Waals surface area contributed by atoms with Crippen molar-refractivity contribution in [3.05, 3.63) is 60.8 Å². The summed E-state index contributed by atoms with van der Waals surface area (Å²) >= 11 is 0. The highest BCUT2D eigenvalue weighted by Crippen LogP contribution is 2.08. The van der Waals surface area contributed by atoms with E-state index >= 15 is 0 Å². The second-order valence-corrected chi connectivity index (χ2v) is 7.22. The molecule has 5 nitrogen and oxygen atoms in total. The number of ketones is 1. The molecule has 0 fully saturated rings. The Labute approximate surface area is 174 Å². The van der Waals surface area contributed by atoms with Crippen molar-refractivity contribution in [3.8, 4) is 0 Å². The summed E-state index contributed by atoms with van der Waals surface area (Å²) in [6.45, 7) is 1.87. The second kappa shape index (κ2) is 15.7. The van der Waals surface area contributed by atoms with Crippen LogP contribution < -0.4 is 0 Å². The number of rotatable bonds is 0. The van der Waals surface area contributed by atoms with E-state index in [0.29, 0.717) is 25.7 Å². The number of carbonyl (C=O) groups is 2. The minimum Gasteiger partial charge on any atom is -0.460 e. The molecule has 0 aliphatic carbocycles. The minimum absolute atomic E-state index is 0.0522. The van der Waals surface area contributed by atoms with E-state index in [-0.39, 0.29) is 24.3 Å². The molecule has 3 atom stereocenters. The normalized spacial score (nSPS) is 32.3. The molecule has 1 aliphatic rings. The minimum atomic E-state index is -0.675. The summed E-state index contributed by atoms with van der Waals surface area (Å²) in [5.41, 5.74) is 0. The standard InChI is InChI=1S/C24H34O5/c1-20-13-7-3-2-4-8-16-22(26)19-23(27)17-11-5-9-14-21(25)15-10-6-12-18-24(28)29-20/h2,4-6,9-12,14,18,20-21,23,25,27H,3,7-8,13,15-17,19H2,1H3/b4-2+,10-6+,11-5+,14-9+,18-12-. The zero-order valence-electron chi connectivity index (χ0n) is 17.3. The van der Waals surface area contributed by atoms with E-state index in [2.05, 4.69) is 0 Å².